The van der Waals surface area contributed by atoms with Gasteiger partial charge in [0.25, 0.3) is 0 Å². The summed E-state index contributed by atoms with van der Waals surface area (Å²) >= 11 is 14.0. The highest BCUT2D eigenvalue weighted by Gasteiger charge is 2.37. The maximum atomic E-state index is 13.4. The van der Waals surface area contributed by atoms with E-state index in [1.807, 2.05) is 12.3 Å². The number of likely N-dealkylation sites (tertiary alicyclic amines) is 1. The van der Waals surface area contributed by atoms with Gasteiger partial charge in [-0.3, -0.25) is 14.6 Å². The Morgan fingerprint density at radius 2 is 1.76 bits per heavy atom. The molecule has 1 amide bonds. The minimum Gasteiger partial charge on any atom is -0.343 e. The predicted octanol–water partition coefficient (Wildman–Crippen LogP) is 9.70. The zero-order valence-corrected chi connectivity index (χ0v) is 32.5. The van der Waals surface area contributed by atoms with Crippen molar-refractivity contribution in [2.24, 2.45) is 16.9 Å². The van der Waals surface area contributed by atoms with Crippen LogP contribution in [0.15, 0.2) is 38.4 Å². The van der Waals surface area contributed by atoms with Crippen molar-refractivity contribution in [3.05, 3.63) is 60.7 Å². The minimum absolute atomic E-state index is 0.190. The van der Waals surface area contributed by atoms with Crippen LogP contribution in [0.1, 0.15) is 94.0 Å². The fourth-order valence-electron chi connectivity index (χ4n) is 7.04. The second kappa shape index (κ2) is 14.9. The molecule has 1 atom stereocenters. The van der Waals surface area contributed by atoms with Gasteiger partial charge >= 0.3 is 0 Å². The summed E-state index contributed by atoms with van der Waals surface area (Å²) in [6.45, 7) is 14.2. The maximum Gasteiger partial charge on any atom is 0.222 e. The average molecular weight is 781 g/mol. The molecule has 2 aromatic rings. The average Bonchev–Trinajstić information content (AvgIpc) is 3.14. The summed E-state index contributed by atoms with van der Waals surface area (Å²) in [6, 6.07) is 7.50. The van der Waals surface area contributed by atoms with Gasteiger partial charge < -0.3 is 4.90 Å². The summed E-state index contributed by atoms with van der Waals surface area (Å²) in [5, 5.41) is 5.65. The number of hydrogen-bond donors (Lipinski definition) is 1. The van der Waals surface area contributed by atoms with Gasteiger partial charge in [-0.05, 0) is 125 Å². The Bertz CT molecular complexity index is 1390. The second-order valence-electron chi connectivity index (χ2n) is 15.0. The molecule has 246 valence electrons. The molecular weight excluding hydrogens is 732 g/mol. The Balaban J connectivity index is 1.12. The van der Waals surface area contributed by atoms with Crippen LogP contribution in [0, 0.1) is 11.8 Å². The smallest absolute Gasteiger partial charge is 0.222 e. The number of pyridine rings is 1. The van der Waals surface area contributed by atoms with Gasteiger partial charge in [-0.25, -0.2) is 0 Å². The van der Waals surface area contributed by atoms with E-state index in [0.29, 0.717) is 35.8 Å². The van der Waals surface area contributed by atoms with E-state index in [4.69, 9.17) is 21.4 Å². The first-order chi connectivity index (χ1) is 21.3. The van der Waals surface area contributed by atoms with E-state index < -0.39 is 8.07 Å². The minimum atomic E-state index is -1.34. The molecule has 1 saturated carbocycles. The van der Waals surface area contributed by atoms with Crippen molar-refractivity contribution in [1.82, 2.24) is 15.5 Å². The van der Waals surface area contributed by atoms with Crippen LogP contribution in [0.4, 0.5) is 0 Å². The molecule has 0 spiro atoms. The van der Waals surface area contributed by atoms with Crippen molar-refractivity contribution >= 4 is 63.2 Å². The summed E-state index contributed by atoms with van der Waals surface area (Å²) in [7, 11) is -1.34. The van der Waals surface area contributed by atoms with Gasteiger partial charge in [0.05, 0.1) is 20.4 Å². The van der Waals surface area contributed by atoms with Crippen LogP contribution in [0.5, 0.6) is 0 Å². The molecule has 2 aliphatic carbocycles. The molecule has 1 aliphatic heterocycles. The molecular formula is C35H49Br2ClN4O2Si. The summed E-state index contributed by atoms with van der Waals surface area (Å²) < 4.78 is 2.09. The molecule has 45 heavy (non-hydrogen) atoms. The van der Waals surface area contributed by atoms with Gasteiger partial charge in [-0.2, -0.15) is 10.7 Å². The molecule has 1 saturated heterocycles. The van der Waals surface area contributed by atoms with Gasteiger partial charge in [0, 0.05) is 51.3 Å². The van der Waals surface area contributed by atoms with Crippen LogP contribution < -0.4 is 5.59 Å². The highest BCUT2D eigenvalue weighted by Crippen LogP contribution is 2.46. The predicted molar refractivity (Wildman–Crippen MR) is 195 cm³/mol. The number of amides is 1. The highest BCUT2D eigenvalue weighted by molar-refractivity contribution is 9.10. The van der Waals surface area contributed by atoms with E-state index in [1.165, 1.54) is 22.4 Å². The number of halogens is 3. The molecule has 6 nitrogen and oxygen atoms in total. The number of hydrogen-bond acceptors (Lipinski definition) is 5. The maximum absolute atomic E-state index is 13.4. The fourth-order valence-corrected chi connectivity index (χ4v) is 9.90. The quantitative estimate of drug-likeness (QED) is 0.165. The van der Waals surface area contributed by atoms with E-state index in [9.17, 15) is 4.79 Å². The van der Waals surface area contributed by atoms with E-state index in [-0.39, 0.29) is 5.92 Å². The molecule has 1 N–H and O–H groups in total. The van der Waals surface area contributed by atoms with Crippen molar-refractivity contribution in [3.8, 4) is 0 Å². The lowest BCUT2D eigenvalue weighted by molar-refractivity contribution is -0.133. The second-order valence-corrected chi connectivity index (χ2v) is 23.0. The lowest BCUT2D eigenvalue weighted by Crippen LogP contribution is -2.41. The van der Waals surface area contributed by atoms with E-state index in [2.05, 4.69) is 93.4 Å². The Labute approximate surface area is 292 Å². The summed E-state index contributed by atoms with van der Waals surface area (Å²) in [4.78, 5) is 26.2. The number of nitrogens with zero attached hydrogens (tertiary/aromatic N) is 3. The van der Waals surface area contributed by atoms with Gasteiger partial charge in [0.2, 0.25) is 5.91 Å². The number of carbonyl (C=O) groups is 1. The number of aromatic nitrogens is 1. The van der Waals surface area contributed by atoms with Crippen LogP contribution >= 0.6 is 43.5 Å². The molecule has 10 heteroatoms. The Hall–Kier alpha value is -1.26. The van der Waals surface area contributed by atoms with Crippen molar-refractivity contribution in [3.63, 3.8) is 0 Å². The Morgan fingerprint density at radius 3 is 2.44 bits per heavy atom. The molecule has 5 rings (SSSR count). The highest BCUT2D eigenvalue weighted by atomic mass is 79.9. The monoisotopic (exact) mass is 778 g/mol. The van der Waals surface area contributed by atoms with Gasteiger partial charge in [0.15, 0.2) is 0 Å². The first kappa shape index (κ1) is 35.1. The molecule has 2 fully saturated rings. The summed E-state index contributed by atoms with van der Waals surface area (Å²) in [6.07, 6.45) is 10.3. The SMILES string of the molecule is CC(C)(C)[Si](C)(C)CCONN=C1CCC(CC(=O)N2CCC(C3c4ncc(Br)cc4CCc4cc(Cl)cc(Br)c43)CC2)CC1. The Morgan fingerprint density at radius 1 is 1.07 bits per heavy atom. The van der Waals surface area contributed by atoms with Gasteiger partial charge in [-0.15, -0.1) is 0 Å². The first-order valence-corrected chi connectivity index (χ1v) is 21.8. The normalized spacial score (nSPS) is 21.2. The number of rotatable bonds is 8. The van der Waals surface area contributed by atoms with E-state index in [0.717, 1.165) is 90.2 Å². The van der Waals surface area contributed by atoms with E-state index in [1.54, 1.807) is 0 Å². The van der Waals surface area contributed by atoms with Gasteiger partial charge in [0.1, 0.15) is 0 Å². The number of benzene rings is 1. The zero-order valence-electron chi connectivity index (χ0n) is 27.5. The standard InChI is InChI=1S/C35H49Br2ClN4O2Si/c1-35(2,3)45(4,5)17-16-44-41-40-29-10-6-23(7-11-29)18-31(43)42-14-12-24(13-15-42)33-32-25(20-28(38)21-30(32)37)8-9-26-19-27(36)22-39-34(26)33/h19-24,33,41H,6-18H2,1-5H3. The van der Waals surface area contributed by atoms with Crippen molar-refractivity contribution in [1.29, 1.82) is 0 Å². The van der Waals surface area contributed by atoms with Crippen LogP contribution in [-0.4, -0.2) is 49.3 Å². The number of piperidine rings is 1. The fraction of sp³-hybridized carbons (Fsp3) is 0.629. The van der Waals surface area contributed by atoms with Crippen molar-refractivity contribution in [2.45, 2.75) is 109 Å². The van der Waals surface area contributed by atoms with Crippen molar-refractivity contribution < 1.29 is 9.63 Å². The molecule has 3 aliphatic rings. The summed E-state index contributed by atoms with van der Waals surface area (Å²) in [5.41, 5.74) is 9.14. The van der Waals surface area contributed by atoms with Crippen LogP contribution in [0.3, 0.4) is 0 Å². The summed E-state index contributed by atoms with van der Waals surface area (Å²) in [5.74, 6) is 1.34. The number of hydrazone groups is 1. The largest absolute Gasteiger partial charge is 0.343 e. The van der Waals surface area contributed by atoms with Crippen LogP contribution in [0.25, 0.3) is 0 Å². The molecule has 1 unspecified atom stereocenters. The molecule has 0 radical (unpaired) electrons. The molecule has 1 aromatic carbocycles. The number of carbonyl (C=O) groups excluding carboxylic acids is 1. The lowest BCUT2D eigenvalue weighted by atomic mass is 9.76. The Kier molecular flexibility index (Phi) is 11.6. The molecule has 1 aromatic heterocycles. The topological polar surface area (TPSA) is 66.8 Å². The number of nitrogens with one attached hydrogen (secondary N) is 1. The zero-order chi connectivity index (χ0) is 32.4. The first-order valence-electron chi connectivity index (χ1n) is 16.6. The van der Waals surface area contributed by atoms with Crippen molar-refractivity contribution in [2.75, 3.05) is 19.7 Å². The van der Waals surface area contributed by atoms with E-state index >= 15 is 0 Å². The molecule has 0 bridgehead atoms. The third-order valence-corrected chi connectivity index (χ3v) is 17.9. The van der Waals surface area contributed by atoms with Crippen LogP contribution in [0.2, 0.25) is 29.2 Å². The number of aryl methyl sites for hydroxylation is 2. The third kappa shape index (κ3) is 8.61. The third-order valence-electron chi connectivity index (χ3n) is 11.1. The van der Waals surface area contributed by atoms with Crippen LogP contribution in [-0.2, 0) is 22.5 Å². The van der Waals surface area contributed by atoms with Gasteiger partial charge in [-0.1, -0.05) is 61.4 Å². The lowest BCUT2D eigenvalue weighted by Gasteiger charge is -2.37. The number of fused-ring (bicyclic) bond motifs is 2. The molecule has 2 heterocycles.